The number of hydrogen-bond acceptors (Lipinski definition) is 2. The second kappa shape index (κ2) is 3.49. The Balaban J connectivity index is 1.57. The molecular formula is C12H22N2. The van der Waals surface area contributed by atoms with Gasteiger partial charge in [-0.05, 0) is 50.6 Å². The summed E-state index contributed by atoms with van der Waals surface area (Å²) in [6.07, 6.45) is 5.72. The van der Waals surface area contributed by atoms with Gasteiger partial charge in [0.1, 0.15) is 0 Å². The zero-order chi connectivity index (χ0) is 9.54. The fourth-order valence-electron chi connectivity index (χ4n) is 3.23. The molecule has 3 rings (SSSR count). The molecule has 80 valence electrons. The molecule has 0 aromatic heterocycles. The van der Waals surface area contributed by atoms with Crippen molar-refractivity contribution in [1.82, 2.24) is 10.2 Å². The number of nitrogens with one attached hydrogen (secondary N) is 1. The lowest BCUT2D eigenvalue weighted by molar-refractivity contribution is 0.0909. The molecule has 14 heavy (non-hydrogen) atoms. The maximum Gasteiger partial charge on any atom is 0.0122 e. The van der Waals surface area contributed by atoms with Crippen molar-refractivity contribution in [2.24, 2.45) is 11.8 Å². The van der Waals surface area contributed by atoms with E-state index in [9.17, 15) is 0 Å². The van der Waals surface area contributed by atoms with Crippen LogP contribution in [0.3, 0.4) is 0 Å². The molecule has 1 aliphatic carbocycles. The molecule has 2 bridgehead atoms. The summed E-state index contributed by atoms with van der Waals surface area (Å²) in [5.74, 6) is 1.92. The standard InChI is InChI=1S/C12H22N2/c1-9-7-12(9)13-11-4-6-14-5-2-3-10(11)8-14/h9-13H,2-8H2,1H3. The Labute approximate surface area is 87.0 Å². The van der Waals surface area contributed by atoms with Crippen LogP contribution >= 0.6 is 0 Å². The predicted molar refractivity (Wildman–Crippen MR) is 58.3 cm³/mol. The molecule has 0 spiro atoms. The molecule has 1 saturated carbocycles. The Morgan fingerprint density at radius 1 is 1.14 bits per heavy atom. The first-order valence-electron chi connectivity index (χ1n) is 6.31. The highest BCUT2D eigenvalue weighted by atomic mass is 15.2. The summed E-state index contributed by atoms with van der Waals surface area (Å²) in [4.78, 5) is 2.66. The van der Waals surface area contributed by atoms with Gasteiger partial charge in [0.2, 0.25) is 0 Å². The third-order valence-electron chi connectivity index (χ3n) is 4.40. The van der Waals surface area contributed by atoms with Crippen LogP contribution in [-0.2, 0) is 0 Å². The van der Waals surface area contributed by atoms with Crippen molar-refractivity contribution in [2.45, 2.75) is 44.7 Å². The maximum atomic E-state index is 3.87. The van der Waals surface area contributed by atoms with Crippen molar-refractivity contribution in [3.63, 3.8) is 0 Å². The summed E-state index contributed by atoms with van der Waals surface area (Å²) in [7, 11) is 0. The van der Waals surface area contributed by atoms with Crippen LogP contribution < -0.4 is 5.32 Å². The van der Waals surface area contributed by atoms with E-state index < -0.39 is 0 Å². The molecule has 3 fully saturated rings. The smallest absolute Gasteiger partial charge is 0.0122 e. The topological polar surface area (TPSA) is 15.3 Å². The van der Waals surface area contributed by atoms with Crippen molar-refractivity contribution in [3.8, 4) is 0 Å². The van der Waals surface area contributed by atoms with Gasteiger partial charge in [0.05, 0.1) is 0 Å². The van der Waals surface area contributed by atoms with Crippen molar-refractivity contribution < 1.29 is 0 Å². The highest BCUT2D eigenvalue weighted by Crippen LogP contribution is 2.33. The van der Waals surface area contributed by atoms with Crippen LogP contribution in [0.15, 0.2) is 0 Å². The van der Waals surface area contributed by atoms with Crippen LogP contribution in [0.5, 0.6) is 0 Å². The molecule has 5 atom stereocenters. The van der Waals surface area contributed by atoms with Gasteiger partial charge < -0.3 is 10.2 Å². The largest absolute Gasteiger partial charge is 0.311 e. The molecule has 2 heteroatoms. The zero-order valence-electron chi connectivity index (χ0n) is 9.21. The first kappa shape index (κ1) is 9.17. The number of nitrogens with zero attached hydrogens (tertiary/aromatic N) is 1. The van der Waals surface area contributed by atoms with Gasteiger partial charge in [0.25, 0.3) is 0 Å². The zero-order valence-corrected chi connectivity index (χ0v) is 9.21. The fraction of sp³-hybridized carbons (Fsp3) is 1.00. The van der Waals surface area contributed by atoms with Crippen LogP contribution in [0.4, 0.5) is 0 Å². The van der Waals surface area contributed by atoms with E-state index in [2.05, 4.69) is 17.1 Å². The summed E-state index contributed by atoms with van der Waals surface area (Å²) >= 11 is 0. The monoisotopic (exact) mass is 194 g/mol. The van der Waals surface area contributed by atoms with E-state index in [-0.39, 0.29) is 0 Å². The van der Waals surface area contributed by atoms with E-state index in [1.165, 1.54) is 45.3 Å². The number of piperidine rings is 2. The van der Waals surface area contributed by atoms with E-state index in [0.29, 0.717) is 0 Å². The minimum absolute atomic E-state index is 0.849. The lowest BCUT2D eigenvalue weighted by Gasteiger charge is -2.43. The average Bonchev–Trinajstić information content (AvgIpc) is 2.88. The van der Waals surface area contributed by atoms with E-state index in [1.54, 1.807) is 0 Å². The Kier molecular flexibility index (Phi) is 2.29. The Morgan fingerprint density at radius 2 is 2.00 bits per heavy atom. The van der Waals surface area contributed by atoms with Gasteiger partial charge in [-0.25, -0.2) is 0 Å². The molecule has 0 radical (unpaired) electrons. The maximum absolute atomic E-state index is 3.87. The van der Waals surface area contributed by atoms with Crippen LogP contribution in [0.1, 0.15) is 32.6 Å². The first-order valence-corrected chi connectivity index (χ1v) is 6.31. The van der Waals surface area contributed by atoms with E-state index in [4.69, 9.17) is 0 Å². The van der Waals surface area contributed by atoms with Crippen LogP contribution in [-0.4, -0.2) is 36.6 Å². The van der Waals surface area contributed by atoms with E-state index in [1.807, 2.05) is 0 Å². The minimum atomic E-state index is 0.849. The highest BCUT2D eigenvalue weighted by molar-refractivity contribution is 4.96. The van der Waals surface area contributed by atoms with Gasteiger partial charge in [-0.1, -0.05) is 6.92 Å². The molecule has 2 heterocycles. The van der Waals surface area contributed by atoms with Crippen molar-refractivity contribution >= 4 is 0 Å². The van der Waals surface area contributed by atoms with Crippen molar-refractivity contribution in [2.75, 3.05) is 19.6 Å². The average molecular weight is 194 g/mol. The Hall–Kier alpha value is -0.0800. The quantitative estimate of drug-likeness (QED) is 0.716. The van der Waals surface area contributed by atoms with Crippen LogP contribution in [0, 0.1) is 11.8 Å². The van der Waals surface area contributed by atoms with Gasteiger partial charge >= 0.3 is 0 Å². The fourth-order valence-corrected chi connectivity index (χ4v) is 3.23. The molecule has 3 aliphatic rings. The summed E-state index contributed by atoms with van der Waals surface area (Å²) in [6.45, 7) is 6.45. The molecule has 0 aromatic rings. The number of rotatable bonds is 2. The Bertz CT molecular complexity index is 216. The third-order valence-corrected chi connectivity index (χ3v) is 4.40. The molecular weight excluding hydrogens is 172 g/mol. The summed E-state index contributed by atoms with van der Waals surface area (Å²) in [5.41, 5.74) is 0. The van der Waals surface area contributed by atoms with E-state index in [0.717, 1.165) is 23.9 Å². The van der Waals surface area contributed by atoms with Crippen LogP contribution in [0.25, 0.3) is 0 Å². The first-order chi connectivity index (χ1) is 6.83. The van der Waals surface area contributed by atoms with Gasteiger partial charge in [0.15, 0.2) is 0 Å². The van der Waals surface area contributed by atoms with E-state index >= 15 is 0 Å². The Morgan fingerprint density at radius 3 is 2.79 bits per heavy atom. The molecule has 2 aliphatic heterocycles. The molecule has 2 nitrogen and oxygen atoms in total. The molecule has 2 saturated heterocycles. The lowest BCUT2D eigenvalue weighted by atomic mass is 9.85. The predicted octanol–water partition coefficient (Wildman–Crippen LogP) is 1.47. The van der Waals surface area contributed by atoms with Crippen LogP contribution in [0.2, 0.25) is 0 Å². The molecule has 0 amide bonds. The van der Waals surface area contributed by atoms with Crippen molar-refractivity contribution in [3.05, 3.63) is 0 Å². The molecule has 5 unspecified atom stereocenters. The minimum Gasteiger partial charge on any atom is -0.311 e. The normalized spacial score (nSPS) is 51.6. The van der Waals surface area contributed by atoms with Gasteiger partial charge in [0, 0.05) is 18.6 Å². The van der Waals surface area contributed by atoms with Gasteiger partial charge in [-0.2, -0.15) is 0 Å². The number of fused-ring (bicyclic) bond motifs is 2. The number of hydrogen-bond donors (Lipinski definition) is 1. The molecule has 0 aromatic carbocycles. The second-order valence-corrected chi connectivity index (χ2v) is 5.58. The lowest BCUT2D eigenvalue weighted by Crippen LogP contribution is -2.52. The van der Waals surface area contributed by atoms with Crippen molar-refractivity contribution in [1.29, 1.82) is 0 Å². The van der Waals surface area contributed by atoms with Gasteiger partial charge in [-0.3, -0.25) is 0 Å². The highest BCUT2D eigenvalue weighted by Gasteiger charge is 2.38. The summed E-state index contributed by atoms with van der Waals surface area (Å²) in [5, 5.41) is 3.87. The van der Waals surface area contributed by atoms with Gasteiger partial charge in [-0.15, -0.1) is 0 Å². The summed E-state index contributed by atoms with van der Waals surface area (Å²) < 4.78 is 0. The molecule has 1 N–H and O–H groups in total. The third kappa shape index (κ3) is 1.70. The second-order valence-electron chi connectivity index (χ2n) is 5.58. The summed E-state index contributed by atoms with van der Waals surface area (Å²) in [6, 6.07) is 1.72. The SMILES string of the molecule is CC1CC1NC1CCN2CCCC1C2.